The van der Waals surface area contributed by atoms with Crippen LogP contribution in [-0.4, -0.2) is 61.8 Å². The van der Waals surface area contributed by atoms with Crippen molar-refractivity contribution < 1.29 is 17.9 Å². The number of piperidine rings is 1. The molecule has 2 atom stereocenters. The molecule has 6 nitrogen and oxygen atoms in total. The van der Waals surface area contributed by atoms with Gasteiger partial charge in [-0.25, -0.2) is 12.7 Å². The van der Waals surface area contributed by atoms with Gasteiger partial charge >= 0.3 is 0 Å². The van der Waals surface area contributed by atoms with Crippen LogP contribution in [0.4, 0.5) is 0 Å². The number of hydrogen-bond acceptors (Lipinski definition) is 5. The lowest BCUT2D eigenvalue weighted by Gasteiger charge is -2.42. The zero-order valence-electron chi connectivity index (χ0n) is 13.9. The number of aliphatic hydroxyl groups is 1. The number of aryl methyl sites for hydroxylation is 1. The van der Waals surface area contributed by atoms with Crippen LogP contribution < -0.4 is 0 Å². The molecular weight excluding hydrogens is 316 g/mol. The molecule has 0 aliphatic carbocycles. The van der Waals surface area contributed by atoms with Crippen LogP contribution in [0.1, 0.15) is 24.9 Å². The van der Waals surface area contributed by atoms with E-state index in [4.69, 9.17) is 4.42 Å². The largest absolute Gasteiger partial charge is 0.465 e. The van der Waals surface area contributed by atoms with Gasteiger partial charge in [0.25, 0.3) is 0 Å². The van der Waals surface area contributed by atoms with Crippen LogP contribution >= 0.6 is 0 Å². The van der Waals surface area contributed by atoms with Gasteiger partial charge < -0.3 is 9.52 Å². The molecule has 0 bridgehead atoms. The third kappa shape index (κ3) is 3.33. The minimum Gasteiger partial charge on any atom is -0.465 e. The minimum absolute atomic E-state index is 0.0263. The number of likely N-dealkylation sites (tertiary alicyclic amines) is 1. The molecule has 1 aromatic rings. The van der Waals surface area contributed by atoms with E-state index in [0.717, 1.165) is 30.9 Å². The van der Waals surface area contributed by atoms with Crippen LogP contribution in [0.3, 0.4) is 0 Å². The second-order valence-corrected chi connectivity index (χ2v) is 8.98. The molecule has 0 saturated carbocycles. The molecule has 130 valence electrons. The molecule has 2 aliphatic heterocycles. The van der Waals surface area contributed by atoms with Gasteiger partial charge in [-0.1, -0.05) is 6.92 Å². The first-order chi connectivity index (χ1) is 10.9. The summed E-state index contributed by atoms with van der Waals surface area (Å²) >= 11 is 0. The molecule has 2 saturated heterocycles. The summed E-state index contributed by atoms with van der Waals surface area (Å²) in [6.45, 7) is 5.38. The maximum atomic E-state index is 11.9. The molecule has 0 amide bonds. The minimum atomic E-state index is -3.20. The molecule has 0 unspecified atom stereocenters. The van der Waals surface area contributed by atoms with Crippen LogP contribution in [0.5, 0.6) is 0 Å². The van der Waals surface area contributed by atoms with Gasteiger partial charge in [0.2, 0.25) is 10.0 Å². The predicted molar refractivity (Wildman–Crippen MR) is 87.4 cm³/mol. The van der Waals surface area contributed by atoms with E-state index in [2.05, 4.69) is 11.8 Å². The summed E-state index contributed by atoms with van der Waals surface area (Å²) in [6, 6.07) is 4.01. The monoisotopic (exact) mass is 342 g/mol. The first-order valence-corrected chi connectivity index (χ1v) is 10.1. The van der Waals surface area contributed by atoms with Gasteiger partial charge in [0.05, 0.1) is 19.4 Å². The van der Waals surface area contributed by atoms with Crippen LogP contribution in [0, 0.1) is 11.3 Å². The highest BCUT2D eigenvalue weighted by Gasteiger charge is 2.51. The summed E-state index contributed by atoms with van der Waals surface area (Å²) in [5, 5.41) is 9.99. The Bertz CT molecular complexity index is 657. The van der Waals surface area contributed by atoms with Crippen LogP contribution in [-0.2, 0) is 23.0 Å². The van der Waals surface area contributed by atoms with Crippen molar-refractivity contribution in [2.75, 3.05) is 39.0 Å². The van der Waals surface area contributed by atoms with Crippen molar-refractivity contribution in [2.45, 2.75) is 26.3 Å². The van der Waals surface area contributed by atoms with Gasteiger partial charge in [0.15, 0.2) is 0 Å². The number of nitrogens with zero attached hydrogens (tertiary/aromatic N) is 2. The molecule has 3 heterocycles. The lowest BCUT2D eigenvalue weighted by atomic mass is 9.74. The number of hydrogen-bond donors (Lipinski definition) is 1. The van der Waals surface area contributed by atoms with Crippen molar-refractivity contribution in [1.29, 1.82) is 0 Å². The Balaban J connectivity index is 1.72. The number of sulfonamides is 1. The Morgan fingerprint density at radius 1 is 1.35 bits per heavy atom. The van der Waals surface area contributed by atoms with E-state index >= 15 is 0 Å². The molecule has 0 aromatic carbocycles. The summed E-state index contributed by atoms with van der Waals surface area (Å²) in [6.07, 6.45) is 3.04. The summed E-state index contributed by atoms with van der Waals surface area (Å²) in [5.74, 6) is 2.16. The van der Waals surface area contributed by atoms with E-state index in [-0.39, 0.29) is 17.9 Å². The topological polar surface area (TPSA) is 74.0 Å². The summed E-state index contributed by atoms with van der Waals surface area (Å²) in [5.41, 5.74) is -0.346. The summed E-state index contributed by atoms with van der Waals surface area (Å²) < 4.78 is 31.0. The van der Waals surface area contributed by atoms with E-state index < -0.39 is 10.0 Å². The average Bonchev–Trinajstić information content (AvgIpc) is 3.10. The van der Waals surface area contributed by atoms with Gasteiger partial charge in [-0.3, -0.25) is 4.90 Å². The Hall–Kier alpha value is -0.890. The third-order valence-corrected chi connectivity index (χ3v) is 6.56. The maximum absolute atomic E-state index is 11.9. The van der Waals surface area contributed by atoms with E-state index in [0.29, 0.717) is 26.2 Å². The number of aliphatic hydroxyl groups excluding tert-OH is 1. The molecule has 0 radical (unpaired) electrons. The highest BCUT2D eigenvalue weighted by atomic mass is 32.2. The Labute approximate surface area is 138 Å². The maximum Gasteiger partial charge on any atom is 0.211 e. The first-order valence-electron chi connectivity index (χ1n) is 8.22. The lowest BCUT2D eigenvalue weighted by molar-refractivity contribution is 0.00636. The Morgan fingerprint density at radius 2 is 2.09 bits per heavy atom. The van der Waals surface area contributed by atoms with Crippen molar-refractivity contribution in [3.8, 4) is 0 Å². The summed E-state index contributed by atoms with van der Waals surface area (Å²) in [4.78, 5) is 2.27. The van der Waals surface area contributed by atoms with E-state index in [1.165, 1.54) is 10.6 Å². The second kappa shape index (κ2) is 6.20. The Morgan fingerprint density at radius 3 is 2.70 bits per heavy atom. The fraction of sp³-hybridized carbons (Fsp3) is 0.750. The number of rotatable bonds is 5. The zero-order chi connectivity index (χ0) is 16.7. The van der Waals surface area contributed by atoms with Gasteiger partial charge in [-0.2, -0.15) is 0 Å². The van der Waals surface area contributed by atoms with Gasteiger partial charge in [-0.05, 0) is 31.0 Å². The molecule has 3 rings (SSSR count). The van der Waals surface area contributed by atoms with Crippen LogP contribution in [0.15, 0.2) is 16.5 Å². The normalized spacial score (nSPS) is 29.8. The van der Waals surface area contributed by atoms with E-state index in [9.17, 15) is 13.5 Å². The number of fused-ring (bicyclic) bond motifs is 1. The third-order valence-electron chi connectivity index (χ3n) is 5.34. The van der Waals surface area contributed by atoms with Gasteiger partial charge in [0.1, 0.15) is 11.5 Å². The molecule has 2 fully saturated rings. The standard InChI is InChI=1S/C16H26N2O4S/c1-3-14-4-5-15(22-14)9-17-7-6-13-8-18(23(2,20)21)11-16(13,10-17)12-19/h4-5,13,19H,3,6-12H2,1-2H3/t13-,16+/m0/s1. The number of furan rings is 1. The highest BCUT2D eigenvalue weighted by molar-refractivity contribution is 7.88. The van der Waals surface area contributed by atoms with Crippen LogP contribution in [0.25, 0.3) is 0 Å². The van der Waals surface area contributed by atoms with Crippen molar-refractivity contribution >= 4 is 10.0 Å². The van der Waals surface area contributed by atoms with E-state index in [1.807, 2.05) is 12.1 Å². The van der Waals surface area contributed by atoms with Crippen LogP contribution in [0.2, 0.25) is 0 Å². The fourth-order valence-corrected chi connectivity index (χ4v) is 4.90. The zero-order valence-corrected chi connectivity index (χ0v) is 14.7. The first kappa shape index (κ1) is 17.0. The van der Waals surface area contributed by atoms with Crippen molar-refractivity contribution in [3.05, 3.63) is 23.7 Å². The molecule has 2 aliphatic rings. The van der Waals surface area contributed by atoms with Gasteiger partial charge in [-0.15, -0.1) is 0 Å². The van der Waals surface area contributed by atoms with E-state index in [1.54, 1.807) is 0 Å². The summed E-state index contributed by atoms with van der Waals surface area (Å²) in [7, 11) is -3.20. The molecule has 1 N–H and O–H groups in total. The molecule has 0 spiro atoms. The second-order valence-electron chi connectivity index (χ2n) is 6.99. The highest BCUT2D eigenvalue weighted by Crippen LogP contribution is 2.43. The van der Waals surface area contributed by atoms with Crippen molar-refractivity contribution in [2.24, 2.45) is 11.3 Å². The quantitative estimate of drug-likeness (QED) is 0.861. The predicted octanol–water partition coefficient (Wildman–Crippen LogP) is 0.918. The fourth-order valence-electron chi connectivity index (χ4n) is 3.96. The Kier molecular flexibility index (Phi) is 4.57. The molecule has 23 heavy (non-hydrogen) atoms. The lowest BCUT2D eigenvalue weighted by Crippen LogP contribution is -2.50. The average molecular weight is 342 g/mol. The van der Waals surface area contributed by atoms with Crippen molar-refractivity contribution in [3.63, 3.8) is 0 Å². The molecular formula is C16H26N2O4S. The molecule has 1 aromatic heterocycles. The smallest absolute Gasteiger partial charge is 0.211 e. The molecule has 7 heteroatoms. The van der Waals surface area contributed by atoms with Crippen molar-refractivity contribution in [1.82, 2.24) is 9.21 Å². The van der Waals surface area contributed by atoms with Gasteiger partial charge in [0, 0.05) is 31.5 Å². The SMILES string of the molecule is CCc1ccc(CN2CC[C@H]3CN(S(C)(=O)=O)C[C@@]3(CO)C2)o1.